The van der Waals surface area contributed by atoms with Gasteiger partial charge in [-0.2, -0.15) is 22.2 Å². The van der Waals surface area contributed by atoms with Crippen LogP contribution in [0, 0.1) is 23.8 Å². The van der Waals surface area contributed by atoms with Crippen LogP contribution < -0.4 is 0 Å². The molecule has 0 bridgehead atoms. The van der Waals surface area contributed by atoms with Gasteiger partial charge in [0, 0.05) is 12.8 Å². The van der Waals surface area contributed by atoms with Crippen molar-refractivity contribution in [2.75, 3.05) is 0 Å². The van der Waals surface area contributed by atoms with Crippen LogP contribution in [0.1, 0.15) is 163 Å². The molecule has 0 atom stereocenters. The number of hydrogen-bond donors (Lipinski definition) is 0. The lowest BCUT2D eigenvalue weighted by molar-refractivity contribution is 0.729. The van der Waals surface area contributed by atoms with Gasteiger partial charge >= 0.3 is 0 Å². The Morgan fingerprint density at radius 2 is 0.800 bits per heavy atom. The molecule has 55 heavy (non-hydrogen) atoms. The van der Waals surface area contributed by atoms with Crippen LogP contribution in [0.25, 0.3) is 0 Å². The second-order valence-corrected chi connectivity index (χ2v) is 46.0. The molecule has 5 saturated heterocycles. The van der Waals surface area contributed by atoms with Crippen LogP contribution in [0.3, 0.4) is 0 Å². The molecule has 5 fully saturated rings. The van der Waals surface area contributed by atoms with Crippen molar-refractivity contribution >= 4 is 61.1 Å². The average Bonchev–Trinajstić information content (AvgIpc) is 3.09. The maximum Gasteiger partial charge on any atom is 0.153 e. The minimum absolute atomic E-state index is 0.737. The fraction of sp³-hybridized carbons (Fsp3) is 0.833. The van der Waals surface area contributed by atoms with Crippen molar-refractivity contribution in [2.24, 2.45) is 0 Å². The van der Waals surface area contributed by atoms with Crippen molar-refractivity contribution in [3.05, 3.63) is 23.6 Å². The molecule has 0 spiro atoms. The fourth-order valence-electron chi connectivity index (χ4n) is 6.94. The molecule has 0 aromatic heterocycles. The molecule has 0 N–H and O–H groups in total. The lowest BCUT2D eigenvalue weighted by atomic mass is 10.2. The predicted molar refractivity (Wildman–Crippen MR) is 272 cm³/mol. The monoisotopic (exact) mass is 881 g/mol. The summed E-state index contributed by atoms with van der Waals surface area (Å²) in [6.07, 6.45) is 38.0. The summed E-state index contributed by atoms with van der Waals surface area (Å²) >= 11 is 11.9. The van der Waals surface area contributed by atoms with Crippen LogP contribution in [0.2, 0.25) is 93.2 Å². The van der Waals surface area contributed by atoms with E-state index < -0.39 is 39.0 Å². The van der Waals surface area contributed by atoms with Gasteiger partial charge in [0.2, 0.25) is 0 Å². The first-order valence-electron chi connectivity index (χ1n) is 23.8. The molecule has 5 rings (SSSR count). The minimum atomic E-state index is -0.978. The van der Waals surface area contributed by atoms with Gasteiger partial charge in [-0.05, 0) is 74.8 Å². The highest BCUT2D eigenvalue weighted by Crippen LogP contribution is 2.36. The first-order chi connectivity index (χ1) is 26.1. The molecule has 0 saturated carbocycles. The molecular weight excluding hydrogens is 788 g/mol. The van der Waals surface area contributed by atoms with E-state index in [4.69, 9.17) is 28.6 Å². The van der Waals surface area contributed by atoms with Crippen LogP contribution in [0.5, 0.6) is 0 Å². The molecule has 0 aromatic rings. The van der Waals surface area contributed by atoms with Gasteiger partial charge in [0.15, 0.2) is 14.8 Å². The van der Waals surface area contributed by atoms with Gasteiger partial charge < -0.3 is 0 Å². The lowest BCUT2D eigenvalue weighted by Crippen LogP contribution is -2.36. The van der Waals surface area contributed by atoms with E-state index in [1.54, 1.807) is 24.2 Å². The van der Waals surface area contributed by atoms with E-state index in [1.165, 1.54) is 158 Å². The minimum Gasteiger partial charge on any atom is -0.167 e. The summed E-state index contributed by atoms with van der Waals surface area (Å²) in [5, 5.41) is 0. The van der Waals surface area contributed by atoms with Crippen molar-refractivity contribution in [1.82, 2.24) is 0 Å². The summed E-state index contributed by atoms with van der Waals surface area (Å²) in [5.41, 5.74) is 8.72. The van der Waals surface area contributed by atoms with Gasteiger partial charge in [0.25, 0.3) is 0 Å². The topological polar surface area (TPSA) is 0 Å². The maximum atomic E-state index is 5.94. The van der Waals surface area contributed by atoms with Gasteiger partial charge in [0.1, 0.15) is 8.07 Å². The predicted octanol–water partition coefficient (Wildman–Crippen LogP) is 18.5. The van der Waals surface area contributed by atoms with Crippen molar-refractivity contribution in [1.29, 1.82) is 0 Å². The zero-order valence-corrected chi connectivity index (χ0v) is 45.1. The van der Waals surface area contributed by atoms with Gasteiger partial charge in [0.05, 0.1) is 16.1 Å². The van der Waals surface area contributed by atoms with E-state index in [2.05, 4.69) is 101 Å². The first-order valence-corrected chi connectivity index (χ1v) is 40.5. The Kier molecular flexibility index (Phi) is 33.2. The second kappa shape index (κ2) is 33.0. The fourth-order valence-corrected chi connectivity index (χ4v) is 18.5. The van der Waals surface area contributed by atoms with Crippen molar-refractivity contribution in [3.63, 3.8) is 0 Å². The Bertz CT molecular complexity index is 1020. The molecule has 5 aliphatic heterocycles. The summed E-state index contributed by atoms with van der Waals surface area (Å²) in [6, 6.07) is 14.6. The highest BCUT2D eigenvalue weighted by Gasteiger charge is 2.33. The number of allylic oxidation sites excluding steroid dienone is 2. The van der Waals surface area contributed by atoms with E-state index in [0.29, 0.717) is 0 Å². The van der Waals surface area contributed by atoms with Gasteiger partial charge in [-0.3, -0.25) is 0 Å². The summed E-state index contributed by atoms with van der Waals surface area (Å²) < 4.78 is 0. The quantitative estimate of drug-likeness (QED) is 0.0627. The maximum absolute atomic E-state index is 5.94. The Labute approximate surface area is 361 Å². The van der Waals surface area contributed by atoms with Crippen LogP contribution in [0.4, 0.5) is 0 Å². The third-order valence-electron chi connectivity index (χ3n) is 12.5. The Morgan fingerprint density at radius 1 is 0.473 bits per heavy atom. The average molecular weight is 883 g/mol. The number of hydrogen-bond acceptors (Lipinski definition) is 0. The number of terminal acetylenes is 1. The molecule has 0 aromatic carbocycles. The largest absolute Gasteiger partial charge is 0.167 e. The molecule has 0 amide bonds. The highest BCUT2D eigenvalue weighted by molar-refractivity contribution is 7.21. The van der Waals surface area contributed by atoms with Crippen molar-refractivity contribution in [3.8, 4) is 23.8 Å². The third kappa shape index (κ3) is 31.8. The molecule has 7 heteroatoms. The molecule has 5 heterocycles. The molecule has 5 aliphatic rings. The zero-order chi connectivity index (χ0) is 41.4. The van der Waals surface area contributed by atoms with E-state index in [9.17, 15) is 0 Å². The number of halogens is 2. The van der Waals surface area contributed by atoms with E-state index in [1.807, 2.05) is 0 Å². The van der Waals surface area contributed by atoms with Gasteiger partial charge in [-0.1, -0.05) is 192 Å². The Balaban J connectivity index is 0.000000652. The molecule has 320 valence electrons. The second-order valence-electron chi connectivity index (χ2n) is 19.2. The smallest absolute Gasteiger partial charge is 0.153 e. The first kappa shape index (κ1) is 55.3. The lowest BCUT2D eigenvalue weighted by Gasteiger charge is -2.32. The molecule has 0 nitrogen and oxygen atoms in total. The third-order valence-corrected chi connectivity index (χ3v) is 32.1. The molecule has 0 unspecified atom stereocenters. The van der Waals surface area contributed by atoms with Crippen molar-refractivity contribution in [2.45, 2.75) is 256 Å². The van der Waals surface area contributed by atoms with E-state index in [-0.39, 0.29) is 0 Å². The van der Waals surface area contributed by atoms with E-state index in [0.717, 1.165) is 12.8 Å². The SMILES string of the molecule is C#CCCCCC.CCCCC/C=C/[Si]1(C)CCC1.CCCCCC#C[Si]1(C)CCC1.CCCCCC=C[Si]1(C)CCC1.C[Si]1(Cl)CCC1.C[Si]1(Cl)CCC1. The molecular formula is C48H94Cl2Si5. The van der Waals surface area contributed by atoms with Crippen LogP contribution >= 0.6 is 22.2 Å². The summed E-state index contributed by atoms with van der Waals surface area (Å²) in [6.45, 7) is 20.9. The molecule has 0 aliphatic carbocycles. The standard InChI is InChI=1S/2C11H22Si.C11H20Si.C7H12.2C4H9ClSi/c3*1-3-4-5-6-7-9-12(2)10-8-11-12;1-3-5-7-6-4-2;2*1-6(5)3-2-4-6/h2*7,9H,3-6,8,10-11H2,1-2H3;3-6,8,10-11H2,1-2H3;1H,4-7H2,2H3;2*2-4H2,1H3/b9-7+;;;;;. The van der Waals surface area contributed by atoms with Crippen LogP contribution in [-0.2, 0) is 0 Å². The van der Waals surface area contributed by atoms with Gasteiger partial charge in [-0.15, -0.1) is 23.8 Å². The van der Waals surface area contributed by atoms with Gasteiger partial charge in [-0.25, -0.2) is 0 Å². The van der Waals surface area contributed by atoms with Crippen molar-refractivity contribution < 1.29 is 0 Å². The van der Waals surface area contributed by atoms with Crippen LogP contribution in [-0.4, -0.2) is 39.0 Å². The van der Waals surface area contributed by atoms with E-state index >= 15 is 0 Å². The van der Waals surface area contributed by atoms with Crippen LogP contribution in [0.15, 0.2) is 23.6 Å². The normalized spacial score (nSPS) is 20.8. The summed E-state index contributed by atoms with van der Waals surface area (Å²) in [4.78, 5) is 0. The molecule has 0 radical (unpaired) electrons. The summed E-state index contributed by atoms with van der Waals surface area (Å²) in [7, 11) is -4.35. The number of unbranched alkanes of at least 4 members (excludes halogenated alkanes) is 12. The highest BCUT2D eigenvalue weighted by atomic mass is 35.6. The summed E-state index contributed by atoms with van der Waals surface area (Å²) in [5.74, 6) is 5.98. The number of rotatable bonds is 16. The Hall–Kier alpha value is 0.264. The zero-order valence-electron chi connectivity index (χ0n) is 38.6. The Morgan fingerprint density at radius 3 is 1.05 bits per heavy atom.